The fourth-order valence-corrected chi connectivity index (χ4v) is 4.42. The van der Waals surface area contributed by atoms with E-state index in [1.807, 2.05) is 30.3 Å². The molecular weight excluding hydrogens is 250 g/mol. The zero-order valence-corrected chi connectivity index (χ0v) is 11.9. The van der Waals surface area contributed by atoms with Gasteiger partial charge in [0.1, 0.15) is 0 Å². The molecule has 1 atom stereocenters. The van der Waals surface area contributed by atoms with Gasteiger partial charge in [-0.1, -0.05) is 30.3 Å². The Morgan fingerprint density at radius 2 is 1.67 bits per heavy atom. The highest BCUT2D eigenvalue weighted by Crippen LogP contribution is 2.31. The van der Waals surface area contributed by atoms with Gasteiger partial charge >= 0.3 is 8.80 Å². The molecule has 18 heavy (non-hydrogen) atoms. The summed E-state index contributed by atoms with van der Waals surface area (Å²) in [6, 6.07) is 9.51. The van der Waals surface area contributed by atoms with Crippen LogP contribution < -0.4 is 5.73 Å². The van der Waals surface area contributed by atoms with E-state index in [-0.39, 0.29) is 12.0 Å². The SMILES string of the molecule is CO[Si](OC)(OC)C(CC(N)=O)c1ccccc1. The Morgan fingerprint density at radius 3 is 2.06 bits per heavy atom. The quantitative estimate of drug-likeness (QED) is 0.751. The van der Waals surface area contributed by atoms with Crippen molar-refractivity contribution in [2.75, 3.05) is 21.3 Å². The highest BCUT2D eigenvalue weighted by Gasteiger charge is 2.48. The summed E-state index contributed by atoms with van der Waals surface area (Å²) in [7, 11) is 1.62. The lowest BCUT2D eigenvalue weighted by Gasteiger charge is -2.32. The van der Waals surface area contributed by atoms with Crippen molar-refractivity contribution in [2.45, 2.75) is 12.0 Å². The number of primary amides is 1. The predicted octanol–water partition coefficient (Wildman–Crippen LogP) is 1.06. The molecule has 5 nitrogen and oxygen atoms in total. The molecule has 0 radical (unpaired) electrons. The largest absolute Gasteiger partial charge is 0.508 e. The van der Waals surface area contributed by atoms with Gasteiger partial charge in [0.05, 0.1) is 5.54 Å². The van der Waals surface area contributed by atoms with Gasteiger partial charge in [-0.3, -0.25) is 4.79 Å². The first-order chi connectivity index (χ1) is 8.59. The van der Waals surface area contributed by atoms with Gasteiger partial charge in [0.2, 0.25) is 5.91 Å². The molecule has 0 aliphatic rings. The third kappa shape index (κ3) is 3.17. The van der Waals surface area contributed by atoms with Gasteiger partial charge in [-0.15, -0.1) is 0 Å². The maximum Gasteiger partial charge on any atom is 0.508 e. The summed E-state index contributed by atoms with van der Waals surface area (Å²) in [5, 5.41) is 0. The minimum Gasteiger partial charge on any atom is -0.376 e. The Hall–Kier alpha value is -1.21. The summed E-state index contributed by atoms with van der Waals surface area (Å²) in [5.41, 5.74) is 5.94. The van der Waals surface area contributed by atoms with Gasteiger partial charge < -0.3 is 19.0 Å². The molecule has 1 unspecified atom stereocenters. The Labute approximate surface area is 108 Å². The van der Waals surface area contributed by atoms with Crippen LogP contribution >= 0.6 is 0 Å². The van der Waals surface area contributed by atoms with Crippen LogP contribution in [0.5, 0.6) is 0 Å². The van der Waals surface area contributed by atoms with Gasteiger partial charge in [0, 0.05) is 27.8 Å². The van der Waals surface area contributed by atoms with Gasteiger partial charge in [0.25, 0.3) is 0 Å². The topological polar surface area (TPSA) is 70.8 Å². The number of hydrogen-bond acceptors (Lipinski definition) is 4. The number of carbonyl (C=O) groups is 1. The van der Waals surface area contributed by atoms with E-state index in [1.165, 1.54) is 21.3 Å². The molecule has 0 aliphatic carbocycles. The van der Waals surface area contributed by atoms with Gasteiger partial charge in [0.15, 0.2) is 0 Å². The summed E-state index contributed by atoms with van der Waals surface area (Å²) in [6.07, 6.45) is 0.131. The van der Waals surface area contributed by atoms with Crippen molar-refractivity contribution in [2.24, 2.45) is 5.73 Å². The van der Waals surface area contributed by atoms with E-state index in [1.54, 1.807) is 0 Å². The third-order valence-corrected chi connectivity index (χ3v) is 5.99. The Bertz CT molecular complexity index is 373. The van der Waals surface area contributed by atoms with Crippen molar-refractivity contribution >= 4 is 14.7 Å². The second kappa shape index (κ2) is 6.65. The molecule has 1 rings (SSSR count). The molecule has 0 bridgehead atoms. The second-order valence-electron chi connectivity index (χ2n) is 3.85. The fourth-order valence-electron chi connectivity index (χ4n) is 2.01. The molecule has 0 fully saturated rings. The molecule has 0 saturated heterocycles. The number of amides is 1. The third-order valence-electron chi connectivity index (χ3n) is 2.89. The zero-order chi connectivity index (χ0) is 13.6. The van der Waals surface area contributed by atoms with Crippen LogP contribution in [0.15, 0.2) is 30.3 Å². The number of hydrogen-bond donors (Lipinski definition) is 1. The van der Waals surface area contributed by atoms with Gasteiger partial charge in [-0.2, -0.15) is 0 Å². The second-order valence-corrected chi connectivity index (χ2v) is 6.98. The monoisotopic (exact) mass is 269 g/mol. The molecular formula is C12H19NO4Si. The molecule has 100 valence electrons. The predicted molar refractivity (Wildman–Crippen MR) is 69.8 cm³/mol. The molecule has 1 aromatic carbocycles. The van der Waals surface area contributed by atoms with Crippen LogP contribution in [0.25, 0.3) is 0 Å². The summed E-state index contributed by atoms with van der Waals surface area (Å²) >= 11 is 0. The number of nitrogens with two attached hydrogens (primary N) is 1. The molecule has 0 spiro atoms. The first-order valence-electron chi connectivity index (χ1n) is 5.58. The van der Waals surface area contributed by atoms with E-state index < -0.39 is 14.7 Å². The lowest BCUT2D eigenvalue weighted by atomic mass is 10.1. The van der Waals surface area contributed by atoms with E-state index >= 15 is 0 Å². The standard InChI is InChI=1S/C12H19NO4Si/c1-15-18(16-2,17-3)11(9-12(13)14)10-7-5-4-6-8-10/h4-8,11H,9H2,1-3H3,(H2,13,14). The molecule has 1 aromatic rings. The number of benzene rings is 1. The molecule has 0 aliphatic heterocycles. The highest BCUT2D eigenvalue weighted by atomic mass is 28.4. The first-order valence-corrected chi connectivity index (χ1v) is 7.38. The first kappa shape index (κ1) is 14.8. The maximum absolute atomic E-state index is 11.3. The Kier molecular flexibility index (Phi) is 5.48. The van der Waals surface area contributed by atoms with Crippen LogP contribution in [0.1, 0.15) is 17.5 Å². The van der Waals surface area contributed by atoms with Crippen molar-refractivity contribution in [3.8, 4) is 0 Å². The van der Waals surface area contributed by atoms with Crippen molar-refractivity contribution in [1.29, 1.82) is 0 Å². The lowest BCUT2D eigenvalue weighted by molar-refractivity contribution is -0.118. The fraction of sp³-hybridized carbons (Fsp3) is 0.417. The van der Waals surface area contributed by atoms with Crippen LogP contribution in [-0.4, -0.2) is 36.0 Å². The molecule has 0 heterocycles. The van der Waals surface area contributed by atoms with Crippen molar-refractivity contribution in [3.05, 3.63) is 35.9 Å². The minimum atomic E-state index is -2.95. The molecule has 6 heteroatoms. The summed E-state index contributed by atoms with van der Waals surface area (Å²) in [4.78, 5) is 11.3. The van der Waals surface area contributed by atoms with Crippen LogP contribution in [-0.2, 0) is 18.1 Å². The maximum atomic E-state index is 11.3. The molecule has 1 amide bonds. The highest BCUT2D eigenvalue weighted by molar-refractivity contribution is 6.62. The van der Waals surface area contributed by atoms with E-state index in [0.717, 1.165) is 5.56 Å². The van der Waals surface area contributed by atoms with Gasteiger partial charge in [-0.05, 0) is 5.56 Å². The van der Waals surface area contributed by atoms with Gasteiger partial charge in [-0.25, -0.2) is 0 Å². The van der Waals surface area contributed by atoms with Crippen molar-refractivity contribution in [3.63, 3.8) is 0 Å². The van der Waals surface area contributed by atoms with Crippen molar-refractivity contribution in [1.82, 2.24) is 0 Å². The van der Waals surface area contributed by atoms with Crippen LogP contribution in [0.3, 0.4) is 0 Å². The Balaban J connectivity index is 3.15. The number of carbonyl (C=O) groups excluding carboxylic acids is 1. The average molecular weight is 269 g/mol. The van der Waals surface area contributed by atoms with Crippen LogP contribution in [0.2, 0.25) is 0 Å². The summed E-state index contributed by atoms with van der Waals surface area (Å²) < 4.78 is 16.3. The van der Waals surface area contributed by atoms with Crippen LogP contribution in [0.4, 0.5) is 0 Å². The average Bonchev–Trinajstić information content (AvgIpc) is 2.40. The molecule has 0 aromatic heterocycles. The van der Waals surface area contributed by atoms with Crippen molar-refractivity contribution < 1.29 is 18.1 Å². The van der Waals surface area contributed by atoms with E-state index in [4.69, 9.17) is 19.0 Å². The normalized spacial score (nSPS) is 13.3. The summed E-state index contributed by atoms with van der Waals surface area (Å²) in [6.45, 7) is 0. The Morgan fingerprint density at radius 1 is 1.17 bits per heavy atom. The molecule has 2 N–H and O–H groups in total. The lowest BCUT2D eigenvalue weighted by Crippen LogP contribution is -2.50. The van der Waals surface area contributed by atoms with Crippen LogP contribution in [0, 0.1) is 0 Å². The zero-order valence-electron chi connectivity index (χ0n) is 10.9. The van der Waals surface area contributed by atoms with E-state index in [0.29, 0.717) is 0 Å². The smallest absolute Gasteiger partial charge is 0.376 e. The van der Waals surface area contributed by atoms with E-state index in [2.05, 4.69) is 0 Å². The summed E-state index contributed by atoms with van der Waals surface area (Å²) in [5.74, 6) is -0.410. The number of rotatable bonds is 7. The van der Waals surface area contributed by atoms with E-state index in [9.17, 15) is 4.79 Å². The minimum absolute atomic E-state index is 0.131. The molecule has 0 saturated carbocycles.